The lowest BCUT2D eigenvalue weighted by atomic mass is 9.85. The van der Waals surface area contributed by atoms with Gasteiger partial charge in [-0.2, -0.15) is 0 Å². The van der Waals surface area contributed by atoms with Crippen molar-refractivity contribution in [3.8, 4) is 5.75 Å². The Balaban J connectivity index is 2.11. The summed E-state index contributed by atoms with van der Waals surface area (Å²) in [5.41, 5.74) is 0.183. The van der Waals surface area contributed by atoms with Crippen molar-refractivity contribution in [3.63, 3.8) is 0 Å². The third-order valence-corrected chi connectivity index (χ3v) is 4.22. The van der Waals surface area contributed by atoms with Crippen LogP contribution in [0.3, 0.4) is 0 Å². The molecule has 0 saturated heterocycles. The second-order valence-electron chi connectivity index (χ2n) is 5.48. The molecule has 0 spiro atoms. The van der Waals surface area contributed by atoms with E-state index in [1.165, 1.54) is 6.42 Å². The van der Waals surface area contributed by atoms with Gasteiger partial charge in [0.25, 0.3) is 0 Å². The minimum Gasteiger partial charge on any atom is -0.489 e. The summed E-state index contributed by atoms with van der Waals surface area (Å²) < 4.78 is 5.84. The normalized spacial score (nSPS) is 18.0. The number of rotatable bonds is 5. The highest BCUT2D eigenvalue weighted by Gasteiger charge is 2.30. The van der Waals surface area contributed by atoms with Crippen LogP contribution in [-0.2, 0) is 6.54 Å². The van der Waals surface area contributed by atoms with E-state index in [1.807, 2.05) is 13.1 Å². The molecule has 0 aromatic heterocycles. The summed E-state index contributed by atoms with van der Waals surface area (Å²) in [5, 5.41) is 14.6. The molecule has 1 aromatic rings. The fourth-order valence-electron chi connectivity index (χ4n) is 2.66. The van der Waals surface area contributed by atoms with Gasteiger partial charge in [-0.15, -0.1) is 0 Å². The predicted molar refractivity (Wildman–Crippen MR) is 82.8 cm³/mol. The van der Waals surface area contributed by atoms with E-state index in [-0.39, 0.29) is 6.61 Å². The maximum absolute atomic E-state index is 10.5. The lowest BCUT2D eigenvalue weighted by molar-refractivity contribution is -0.0340. The summed E-state index contributed by atoms with van der Waals surface area (Å²) in [7, 11) is 1.85. The monoisotopic (exact) mass is 317 g/mol. The zero-order valence-corrected chi connectivity index (χ0v) is 13.2. The van der Waals surface area contributed by atoms with Gasteiger partial charge in [0.2, 0.25) is 0 Å². The molecule has 0 atom stereocenters. The molecule has 0 bridgehead atoms. The molecule has 2 N–H and O–H groups in total. The molecule has 0 heterocycles. The predicted octanol–water partition coefficient (Wildman–Crippen LogP) is 3.79. The van der Waals surface area contributed by atoms with Gasteiger partial charge in [0.15, 0.2) is 0 Å². The summed E-state index contributed by atoms with van der Waals surface area (Å²) in [6.07, 6.45) is 4.88. The summed E-state index contributed by atoms with van der Waals surface area (Å²) >= 11 is 12.2. The number of hydrogen-bond acceptors (Lipinski definition) is 3. The van der Waals surface area contributed by atoms with Gasteiger partial charge >= 0.3 is 0 Å². The van der Waals surface area contributed by atoms with Crippen LogP contribution >= 0.6 is 23.2 Å². The number of nitrogens with one attached hydrogen (secondary N) is 1. The summed E-state index contributed by atoms with van der Waals surface area (Å²) in [6.45, 7) is 0.902. The van der Waals surface area contributed by atoms with Crippen molar-refractivity contribution in [2.45, 2.75) is 44.2 Å². The maximum atomic E-state index is 10.5. The largest absolute Gasteiger partial charge is 0.489 e. The van der Waals surface area contributed by atoms with Crippen LogP contribution in [0.1, 0.15) is 37.7 Å². The first-order valence-corrected chi connectivity index (χ1v) is 7.77. The van der Waals surface area contributed by atoms with Crippen LogP contribution in [0.4, 0.5) is 0 Å². The van der Waals surface area contributed by atoms with Gasteiger partial charge in [0.05, 0.1) is 10.6 Å². The van der Waals surface area contributed by atoms with Crippen molar-refractivity contribution in [3.05, 3.63) is 27.7 Å². The third-order valence-electron chi connectivity index (χ3n) is 3.72. The lowest BCUT2D eigenvalue weighted by Crippen LogP contribution is -2.38. The Kier molecular flexibility index (Phi) is 5.56. The van der Waals surface area contributed by atoms with Gasteiger partial charge in [-0.1, -0.05) is 42.5 Å². The number of halogens is 2. The van der Waals surface area contributed by atoms with Crippen molar-refractivity contribution < 1.29 is 9.84 Å². The zero-order valence-electron chi connectivity index (χ0n) is 11.7. The van der Waals surface area contributed by atoms with Crippen molar-refractivity contribution in [2.24, 2.45) is 0 Å². The molecule has 1 aromatic carbocycles. The van der Waals surface area contributed by atoms with Gasteiger partial charge in [-0.3, -0.25) is 0 Å². The van der Waals surface area contributed by atoms with Crippen molar-refractivity contribution in [1.29, 1.82) is 0 Å². The zero-order chi connectivity index (χ0) is 14.6. The van der Waals surface area contributed by atoms with Crippen LogP contribution in [0, 0.1) is 0 Å². The number of hydrogen-bond donors (Lipinski definition) is 2. The van der Waals surface area contributed by atoms with Gasteiger partial charge in [0, 0.05) is 17.1 Å². The standard InChI is InChI=1S/C15H21Cl2NO2/c1-18-9-11-7-12(16)8-13(17)14(11)20-10-15(19)5-3-2-4-6-15/h7-8,18-19H,2-6,9-10H2,1H3. The molecule has 5 heteroatoms. The van der Waals surface area contributed by atoms with Crippen molar-refractivity contribution >= 4 is 23.2 Å². The fourth-order valence-corrected chi connectivity index (χ4v) is 3.25. The molecule has 3 nitrogen and oxygen atoms in total. The molecule has 0 unspecified atom stereocenters. The van der Waals surface area contributed by atoms with E-state index < -0.39 is 5.60 Å². The second kappa shape index (κ2) is 6.99. The SMILES string of the molecule is CNCc1cc(Cl)cc(Cl)c1OCC1(O)CCCCC1. The van der Waals surface area contributed by atoms with Crippen LogP contribution in [0.2, 0.25) is 10.0 Å². The van der Waals surface area contributed by atoms with E-state index in [0.29, 0.717) is 22.3 Å². The van der Waals surface area contributed by atoms with Crippen LogP contribution < -0.4 is 10.1 Å². The van der Waals surface area contributed by atoms with Crippen LogP contribution in [0.5, 0.6) is 5.75 Å². The first kappa shape index (κ1) is 15.9. The van der Waals surface area contributed by atoms with E-state index in [2.05, 4.69) is 5.32 Å². The molecule has 1 fully saturated rings. The lowest BCUT2D eigenvalue weighted by Gasteiger charge is -2.32. The minimum atomic E-state index is -0.724. The Bertz CT molecular complexity index is 459. The average molecular weight is 318 g/mol. The van der Waals surface area contributed by atoms with Gasteiger partial charge in [-0.05, 0) is 32.0 Å². The molecule has 2 rings (SSSR count). The van der Waals surface area contributed by atoms with Crippen LogP contribution in [0.15, 0.2) is 12.1 Å². The second-order valence-corrected chi connectivity index (χ2v) is 6.32. The molecule has 1 aliphatic carbocycles. The topological polar surface area (TPSA) is 41.5 Å². The van der Waals surface area contributed by atoms with Gasteiger partial charge < -0.3 is 15.2 Å². The van der Waals surface area contributed by atoms with E-state index in [4.69, 9.17) is 27.9 Å². The van der Waals surface area contributed by atoms with E-state index in [0.717, 1.165) is 31.2 Å². The first-order chi connectivity index (χ1) is 9.54. The third kappa shape index (κ3) is 4.01. The highest BCUT2D eigenvalue weighted by Crippen LogP contribution is 2.35. The van der Waals surface area contributed by atoms with Gasteiger partial charge in [0.1, 0.15) is 12.4 Å². The molecular weight excluding hydrogens is 297 g/mol. The molecular formula is C15H21Cl2NO2. The highest BCUT2D eigenvalue weighted by atomic mass is 35.5. The molecule has 0 amide bonds. The maximum Gasteiger partial charge on any atom is 0.142 e. The Labute approximate surface area is 130 Å². The Morgan fingerprint density at radius 1 is 1.25 bits per heavy atom. The van der Waals surface area contributed by atoms with E-state index in [1.54, 1.807) is 6.07 Å². The molecule has 0 aliphatic heterocycles. The van der Waals surface area contributed by atoms with E-state index in [9.17, 15) is 5.11 Å². The van der Waals surface area contributed by atoms with Gasteiger partial charge in [-0.25, -0.2) is 0 Å². The smallest absolute Gasteiger partial charge is 0.142 e. The van der Waals surface area contributed by atoms with E-state index >= 15 is 0 Å². The molecule has 1 saturated carbocycles. The number of benzene rings is 1. The number of aliphatic hydroxyl groups is 1. The molecule has 0 radical (unpaired) electrons. The number of ether oxygens (including phenoxy) is 1. The quantitative estimate of drug-likeness (QED) is 0.868. The molecule has 112 valence electrons. The summed E-state index contributed by atoms with van der Waals surface area (Å²) in [6, 6.07) is 3.51. The summed E-state index contributed by atoms with van der Waals surface area (Å²) in [5.74, 6) is 0.615. The highest BCUT2D eigenvalue weighted by molar-refractivity contribution is 6.35. The van der Waals surface area contributed by atoms with Crippen LogP contribution in [-0.4, -0.2) is 24.4 Å². The van der Waals surface area contributed by atoms with Crippen molar-refractivity contribution in [1.82, 2.24) is 5.32 Å². The Morgan fingerprint density at radius 3 is 2.60 bits per heavy atom. The van der Waals surface area contributed by atoms with Crippen molar-refractivity contribution in [2.75, 3.05) is 13.7 Å². The Hall–Kier alpha value is -0.480. The average Bonchev–Trinajstić information content (AvgIpc) is 2.38. The molecule has 20 heavy (non-hydrogen) atoms. The van der Waals surface area contributed by atoms with Crippen LogP contribution in [0.25, 0.3) is 0 Å². The fraction of sp³-hybridized carbons (Fsp3) is 0.600. The minimum absolute atomic E-state index is 0.283. The summed E-state index contributed by atoms with van der Waals surface area (Å²) in [4.78, 5) is 0. The molecule has 1 aliphatic rings. The first-order valence-electron chi connectivity index (χ1n) is 7.02. The Morgan fingerprint density at radius 2 is 1.95 bits per heavy atom.